The third-order valence-electron chi connectivity index (χ3n) is 2.49. The van der Waals surface area contributed by atoms with Gasteiger partial charge in [0.15, 0.2) is 5.13 Å². The van der Waals surface area contributed by atoms with Gasteiger partial charge in [0.25, 0.3) is 12.3 Å². The van der Waals surface area contributed by atoms with E-state index in [9.17, 15) is 18.0 Å². The van der Waals surface area contributed by atoms with E-state index in [2.05, 4.69) is 15.6 Å². The van der Waals surface area contributed by atoms with Gasteiger partial charge < -0.3 is 0 Å². The first kappa shape index (κ1) is 15.2. The number of amides is 1. The number of thiophene rings is 1. The lowest BCUT2D eigenvalue weighted by molar-refractivity contribution is -0.121. The van der Waals surface area contributed by atoms with Crippen LogP contribution in [0.3, 0.4) is 0 Å². The second-order valence-electron chi connectivity index (χ2n) is 4.10. The minimum atomic E-state index is -2.68. The highest BCUT2D eigenvalue weighted by Crippen LogP contribution is 2.17. The first-order valence-corrected chi connectivity index (χ1v) is 6.67. The number of aromatic nitrogens is 2. The Bertz CT molecular complexity index is 665. The molecule has 0 spiro atoms. The van der Waals surface area contributed by atoms with Crippen LogP contribution < -0.4 is 5.43 Å². The Morgan fingerprint density at radius 3 is 2.90 bits per heavy atom. The zero-order valence-corrected chi connectivity index (χ0v) is 11.7. The molecule has 1 N–H and O–H groups in total. The molecular formula is C12H11F3N4OS. The lowest BCUT2D eigenvalue weighted by Gasteiger charge is -2.02. The molecule has 0 aliphatic rings. The number of halogens is 3. The van der Waals surface area contributed by atoms with Gasteiger partial charge in [0.05, 0.1) is 11.1 Å². The molecule has 5 nitrogen and oxygen atoms in total. The van der Waals surface area contributed by atoms with Crippen molar-refractivity contribution in [1.29, 1.82) is 0 Å². The van der Waals surface area contributed by atoms with Crippen LogP contribution in [0.5, 0.6) is 0 Å². The topological polar surface area (TPSA) is 59.3 Å². The summed E-state index contributed by atoms with van der Waals surface area (Å²) in [5, 5.41) is 6.93. The maximum Gasteiger partial charge on any atom is 0.282 e. The molecule has 21 heavy (non-hydrogen) atoms. The predicted octanol–water partition coefficient (Wildman–Crippen LogP) is 2.48. The molecule has 0 saturated carbocycles. The molecule has 1 amide bonds. The van der Waals surface area contributed by atoms with Gasteiger partial charge in [0, 0.05) is 5.69 Å². The van der Waals surface area contributed by atoms with Gasteiger partial charge in [-0.05, 0) is 25.1 Å². The maximum absolute atomic E-state index is 12.7. The summed E-state index contributed by atoms with van der Waals surface area (Å²) in [6.45, 7) is 1.35. The van der Waals surface area contributed by atoms with Crippen molar-refractivity contribution < 1.29 is 18.0 Å². The average Bonchev–Trinajstić information content (AvgIpc) is 2.97. The number of carbonyl (C=O) groups excluding carboxylic acids is 1. The summed E-state index contributed by atoms with van der Waals surface area (Å²) in [4.78, 5) is 12.1. The summed E-state index contributed by atoms with van der Waals surface area (Å²) >= 11 is 0.884. The van der Waals surface area contributed by atoms with Gasteiger partial charge in [0.2, 0.25) is 0 Å². The van der Waals surface area contributed by atoms with Gasteiger partial charge in [-0.1, -0.05) is 0 Å². The highest BCUT2D eigenvalue weighted by Gasteiger charge is 2.14. The third-order valence-corrected chi connectivity index (χ3v) is 3.30. The van der Waals surface area contributed by atoms with Crippen molar-refractivity contribution in [2.24, 2.45) is 5.10 Å². The van der Waals surface area contributed by atoms with Crippen LogP contribution in [-0.4, -0.2) is 21.9 Å². The number of rotatable bonds is 5. The molecule has 2 heterocycles. The summed E-state index contributed by atoms with van der Waals surface area (Å²) < 4.78 is 38.8. The van der Waals surface area contributed by atoms with E-state index in [4.69, 9.17) is 0 Å². The van der Waals surface area contributed by atoms with Crippen molar-refractivity contribution in [3.63, 3.8) is 0 Å². The monoisotopic (exact) mass is 316 g/mol. The number of carbonyl (C=O) groups is 1. The number of hydrazone groups is 1. The van der Waals surface area contributed by atoms with E-state index in [1.165, 1.54) is 24.4 Å². The van der Waals surface area contributed by atoms with Gasteiger partial charge in [-0.15, -0.1) is 11.3 Å². The third kappa shape index (κ3) is 4.15. The smallest absolute Gasteiger partial charge is 0.271 e. The highest BCUT2D eigenvalue weighted by atomic mass is 32.1. The number of alkyl halides is 2. The minimum Gasteiger partial charge on any atom is -0.271 e. The predicted molar refractivity (Wildman–Crippen MR) is 71.9 cm³/mol. The number of aryl methyl sites for hydroxylation is 1. The normalized spacial score (nSPS) is 11.5. The Kier molecular flexibility index (Phi) is 4.73. The summed E-state index contributed by atoms with van der Waals surface area (Å²) in [6.07, 6.45) is -1.38. The molecule has 0 saturated heterocycles. The van der Waals surface area contributed by atoms with Crippen LogP contribution in [0.25, 0.3) is 0 Å². The van der Waals surface area contributed by atoms with Gasteiger partial charge in [-0.25, -0.2) is 14.2 Å². The van der Waals surface area contributed by atoms with E-state index in [1.807, 2.05) is 0 Å². The van der Waals surface area contributed by atoms with Gasteiger partial charge in [-0.3, -0.25) is 9.48 Å². The second-order valence-corrected chi connectivity index (χ2v) is 5.17. The Morgan fingerprint density at radius 2 is 2.33 bits per heavy atom. The van der Waals surface area contributed by atoms with Crippen LogP contribution in [0.2, 0.25) is 0 Å². The van der Waals surface area contributed by atoms with E-state index >= 15 is 0 Å². The fourth-order valence-corrected chi connectivity index (χ4v) is 2.14. The fraction of sp³-hybridized carbons (Fsp3) is 0.250. The molecule has 9 heteroatoms. The van der Waals surface area contributed by atoms with Crippen molar-refractivity contribution >= 4 is 23.5 Å². The zero-order chi connectivity index (χ0) is 15.4. The minimum absolute atomic E-state index is 0.227. The molecule has 0 atom stereocenters. The molecule has 0 aliphatic carbocycles. The quantitative estimate of drug-likeness (QED) is 0.680. The van der Waals surface area contributed by atoms with Crippen LogP contribution in [0, 0.1) is 12.1 Å². The molecule has 0 unspecified atom stereocenters. The maximum atomic E-state index is 12.7. The summed E-state index contributed by atoms with van der Waals surface area (Å²) in [6, 6.07) is 4.02. The number of nitrogens with one attached hydrogen (secondary N) is 1. The SMILES string of the molecule is Cc1cc(C(F)F)nn1CC(=O)N/N=C/c1ccc(F)s1. The Hall–Kier alpha value is -2.16. The first-order chi connectivity index (χ1) is 9.95. The second kappa shape index (κ2) is 6.53. The molecule has 0 radical (unpaired) electrons. The number of hydrogen-bond acceptors (Lipinski definition) is 4. The van der Waals surface area contributed by atoms with Crippen molar-refractivity contribution in [2.75, 3.05) is 0 Å². The lowest BCUT2D eigenvalue weighted by atomic mass is 10.4. The van der Waals surface area contributed by atoms with Crippen LogP contribution in [-0.2, 0) is 11.3 Å². The summed E-state index contributed by atoms with van der Waals surface area (Å²) in [5.41, 5.74) is 2.29. The van der Waals surface area contributed by atoms with Crippen molar-refractivity contribution in [2.45, 2.75) is 19.9 Å². The standard InChI is InChI=1S/C12H11F3N4OS/c1-7-4-9(12(14)15)18-19(7)6-11(20)17-16-5-8-2-3-10(13)21-8/h2-5,12H,6H2,1H3,(H,17,20)/b16-5+. The van der Waals surface area contributed by atoms with E-state index < -0.39 is 12.3 Å². The molecule has 0 aromatic carbocycles. The van der Waals surface area contributed by atoms with Crippen molar-refractivity contribution in [1.82, 2.24) is 15.2 Å². The number of nitrogens with zero attached hydrogens (tertiary/aromatic N) is 3. The van der Waals surface area contributed by atoms with Gasteiger partial charge in [0.1, 0.15) is 12.2 Å². The molecule has 2 aromatic heterocycles. The fourth-order valence-electron chi connectivity index (χ4n) is 1.54. The Morgan fingerprint density at radius 1 is 1.57 bits per heavy atom. The zero-order valence-electron chi connectivity index (χ0n) is 10.9. The van der Waals surface area contributed by atoms with Crippen LogP contribution in [0.4, 0.5) is 13.2 Å². The van der Waals surface area contributed by atoms with Gasteiger partial charge >= 0.3 is 0 Å². The molecular weight excluding hydrogens is 305 g/mol. The van der Waals surface area contributed by atoms with E-state index in [0.29, 0.717) is 10.6 Å². The van der Waals surface area contributed by atoms with Crippen molar-refractivity contribution in [3.8, 4) is 0 Å². The van der Waals surface area contributed by atoms with E-state index in [-0.39, 0.29) is 17.4 Å². The Balaban J connectivity index is 1.91. The van der Waals surface area contributed by atoms with Crippen LogP contribution >= 0.6 is 11.3 Å². The van der Waals surface area contributed by atoms with E-state index in [0.717, 1.165) is 16.0 Å². The molecule has 112 valence electrons. The molecule has 2 rings (SSSR count). The molecule has 0 bridgehead atoms. The summed E-state index contributed by atoms with van der Waals surface area (Å²) in [5.74, 6) is -0.518. The molecule has 0 aliphatic heterocycles. The Labute approximate surface area is 122 Å². The largest absolute Gasteiger partial charge is 0.282 e. The van der Waals surface area contributed by atoms with Crippen LogP contribution in [0.15, 0.2) is 23.3 Å². The lowest BCUT2D eigenvalue weighted by Crippen LogP contribution is -2.24. The van der Waals surface area contributed by atoms with Crippen LogP contribution in [0.1, 0.15) is 22.7 Å². The van der Waals surface area contributed by atoms with Gasteiger partial charge in [-0.2, -0.15) is 14.6 Å². The van der Waals surface area contributed by atoms with E-state index in [1.54, 1.807) is 6.92 Å². The van der Waals surface area contributed by atoms with Crippen molar-refractivity contribution in [3.05, 3.63) is 39.6 Å². The average molecular weight is 316 g/mol. The number of hydrogen-bond donors (Lipinski definition) is 1. The highest BCUT2D eigenvalue weighted by molar-refractivity contribution is 7.12. The molecule has 2 aromatic rings. The summed E-state index contributed by atoms with van der Waals surface area (Å²) in [7, 11) is 0. The first-order valence-electron chi connectivity index (χ1n) is 5.85. The molecule has 0 fully saturated rings.